The highest BCUT2D eigenvalue weighted by molar-refractivity contribution is 9.10. The second-order valence-corrected chi connectivity index (χ2v) is 4.34. The predicted molar refractivity (Wildman–Crippen MR) is 68.6 cm³/mol. The smallest absolute Gasteiger partial charge is 0.0318 e. The number of rotatable bonds is 5. The molecule has 1 aromatic rings. The summed E-state index contributed by atoms with van der Waals surface area (Å²) in [6.07, 6.45) is 7.08. The van der Waals surface area contributed by atoms with Crippen molar-refractivity contribution in [2.24, 2.45) is 0 Å². The highest BCUT2D eigenvalue weighted by Gasteiger charge is 2.06. The van der Waals surface area contributed by atoms with Gasteiger partial charge in [0.2, 0.25) is 0 Å². The molecule has 0 fully saturated rings. The Bertz CT molecular complexity index is 323. The normalized spacial score (nSPS) is 12.1. The van der Waals surface area contributed by atoms with E-state index >= 15 is 0 Å². The molecule has 1 unspecified atom stereocenters. The second kappa shape index (κ2) is 6.66. The fourth-order valence-electron chi connectivity index (χ4n) is 1.51. The van der Waals surface area contributed by atoms with Gasteiger partial charge in [0.15, 0.2) is 0 Å². The van der Waals surface area contributed by atoms with Gasteiger partial charge in [-0.25, -0.2) is 0 Å². The maximum absolute atomic E-state index is 5.22. The molecule has 1 atom stereocenters. The van der Waals surface area contributed by atoms with E-state index in [1.807, 2.05) is 0 Å². The van der Waals surface area contributed by atoms with E-state index in [0.717, 1.165) is 23.9 Å². The number of hydrogen-bond donors (Lipinski definition) is 1. The Labute approximate surface area is 100 Å². The van der Waals surface area contributed by atoms with Crippen molar-refractivity contribution in [1.82, 2.24) is 5.32 Å². The standard InChI is InChI=1S/C13H16BrN/c1-3-5-10-15-13(4-2)11-6-8-12(14)9-7-11/h1,6-9,13,15H,4-5,10H2,2H3. The van der Waals surface area contributed by atoms with E-state index in [9.17, 15) is 0 Å². The van der Waals surface area contributed by atoms with Gasteiger partial charge >= 0.3 is 0 Å². The lowest BCUT2D eigenvalue weighted by atomic mass is 10.0. The summed E-state index contributed by atoms with van der Waals surface area (Å²) in [4.78, 5) is 0. The first-order valence-corrected chi connectivity index (χ1v) is 5.99. The van der Waals surface area contributed by atoms with Crippen molar-refractivity contribution in [2.45, 2.75) is 25.8 Å². The SMILES string of the molecule is C#CCCNC(CC)c1ccc(Br)cc1. The molecule has 1 nitrogen and oxygen atoms in total. The molecule has 0 bridgehead atoms. The topological polar surface area (TPSA) is 12.0 Å². The van der Waals surface area contributed by atoms with Crippen LogP contribution in [-0.2, 0) is 0 Å². The predicted octanol–water partition coefficient (Wildman–Crippen LogP) is 3.51. The summed E-state index contributed by atoms with van der Waals surface area (Å²) < 4.78 is 1.12. The summed E-state index contributed by atoms with van der Waals surface area (Å²) >= 11 is 3.43. The van der Waals surface area contributed by atoms with Crippen LogP contribution in [0.1, 0.15) is 31.4 Å². The first-order chi connectivity index (χ1) is 7.27. The van der Waals surface area contributed by atoms with Crippen molar-refractivity contribution >= 4 is 15.9 Å². The average molecular weight is 266 g/mol. The van der Waals surface area contributed by atoms with Crippen LogP contribution in [-0.4, -0.2) is 6.54 Å². The summed E-state index contributed by atoms with van der Waals surface area (Å²) in [7, 11) is 0. The molecule has 2 heteroatoms. The Hall–Kier alpha value is -0.780. The third-order valence-corrected chi connectivity index (χ3v) is 2.87. The van der Waals surface area contributed by atoms with Crippen LogP contribution in [0.4, 0.5) is 0 Å². The third kappa shape index (κ3) is 4.07. The fraction of sp³-hybridized carbons (Fsp3) is 0.385. The summed E-state index contributed by atoms with van der Waals surface area (Å²) in [6, 6.07) is 8.83. The maximum Gasteiger partial charge on any atom is 0.0318 e. The van der Waals surface area contributed by atoms with E-state index in [0.29, 0.717) is 6.04 Å². The van der Waals surface area contributed by atoms with Crippen LogP contribution < -0.4 is 5.32 Å². The van der Waals surface area contributed by atoms with E-state index in [1.165, 1.54) is 5.56 Å². The fourth-order valence-corrected chi connectivity index (χ4v) is 1.78. The molecular formula is C13H16BrN. The quantitative estimate of drug-likeness (QED) is 0.635. The van der Waals surface area contributed by atoms with Gasteiger partial charge < -0.3 is 5.32 Å². The lowest BCUT2D eigenvalue weighted by molar-refractivity contribution is 0.527. The Kier molecular flexibility index (Phi) is 5.45. The number of terminal acetylenes is 1. The Balaban J connectivity index is 2.58. The van der Waals surface area contributed by atoms with Gasteiger partial charge in [-0.3, -0.25) is 0 Å². The molecule has 0 aliphatic heterocycles. The maximum atomic E-state index is 5.22. The minimum absolute atomic E-state index is 0.409. The molecule has 0 heterocycles. The molecule has 0 aliphatic carbocycles. The monoisotopic (exact) mass is 265 g/mol. The number of benzene rings is 1. The molecule has 0 aliphatic rings. The van der Waals surface area contributed by atoms with Crippen molar-refractivity contribution in [3.05, 3.63) is 34.3 Å². The lowest BCUT2D eigenvalue weighted by Gasteiger charge is -2.16. The first-order valence-electron chi connectivity index (χ1n) is 5.20. The van der Waals surface area contributed by atoms with Crippen LogP contribution >= 0.6 is 15.9 Å². The van der Waals surface area contributed by atoms with Crippen LogP contribution in [0.3, 0.4) is 0 Å². The molecule has 15 heavy (non-hydrogen) atoms. The number of hydrogen-bond acceptors (Lipinski definition) is 1. The molecule has 0 saturated carbocycles. The van der Waals surface area contributed by atoms with Gasteiger partial charge in [0, 0.05) is 23.5 Å². The van der Waals surface area contributed by atoms with Crippen molar-refractivity contribution in [3.63, 3.8) is 0 Å². The molecule has 1 rings (SSSR count). The van der Waals surface area contributed by atoms with Crippen molar-refractivity contribution in [2.75, 3.05) is 6.54 Å². The third-order valence-electron chi connectivity index (χ3n) is 2.34. The molecular weight excluding hydrogens is 250 g/mol. The minimum atomic E-state index is 0.409. The molecule has 0 saturated heterocycles. The van der Waals surface area contributed by atoms with E-state index in [2.05, 4.69) is 58.4 Å². The molecule has 1 N–H and O–H groups in total. The van der Waals surface area contributed by atoms with Crippen LogP contribution in [0.25, 0.3) is 0 Å². The molecule has 80 valence electrons. The highest BCUT2D eigenvalue weighted by atomic mass is 79.9. The van der Waals surface area contributed by atoms with Gasteiger partial charge in [-0.05, 0) is 24.1 Å². The van der Waals surface area contributed by atoms with E-state index in [4.69, 9.17) is 6.42 Å². The van der Waals surface area contributed by atoms with Gasteiger partial charge in [-0.15, -0.1) is 12.3 Å². The Morgan fingerprint density at radius 3 is 2.60 bits per heavy atom. The van der Waals surface area contributed by atoms with Crippen LogP contribution in [0, 0.1) is 12.3 Å². The molecule has 0 spiro atoms. The Morgan fingerprint density at radius 1 is 1.40 bits per heavy atom. The highest BCUT2D eigenvalue weighted by Crippen LogP contribution is 2.19. The van der Waals surface area contributed by atoms with E-state index in [1.54, 1.807) is 0 Å². The summed E-state index contributed by atoms with van der Waals surface area (Å²) in [5.74, 6) is 2.64. The molecule has 0 amide bonds. The minimum Gasteiger partial charge on any atom is -0.309 e. The van der Waals surface area contributed by atoms with Gasteiger partial charge in [-0.1, -0.05) is 35.0 Å². The zero-order valence-electron chi connectivity index (χ0n) is 8.96. The zero-order chi connectivity index (χ0) is 11.1. The van der Waals surface area contributed by atoms with Crippen molar-refractivity contribution in [3.8, 4) is 12.3 Å². The Morgan fingerprint density at radius 2 is 2.07 bits per heavy atom. The summed E-state index contributed by atoms with van der Waals surface area (Å²) in [5, 5.41) is 3.45. The summed E-state index contributed by atoms with van der Waals surface area (Å²) in [6.45, 7) is 3.06. The van der Waals surface area contributed by atoms with Crippen LogP contribution in [0.2, 0.25) is 0 Å². The van der Waals surface area contributed by atoms with Gasteiger partial charge in [0.25, 0.3) is 0 Å². The lowest BCUT2D eigenvalue weighted by Crippen LogP contribution is -2.21. The van der Waals surface area contributed by atoms with Crippen LogP contribution in [0.15, 0.2) is 28.7 Å². The van der Waals surface area contributed by atoms with Crippen molar-refractivity contribution < 1.29 is 0 Å². The molecule has 1 aromatic carbocycles. The van der Waals surface area contributed by atoms with Gasteiger partial charge in [0.05, 0.1) is 0 Å². The number of halogens is 1. The second-order valence-electron chi connectivity index (χ2n) is 3.42. The molecule has 0 radical (unpaired) electrons. The van der Waals surface area contributed by atoms with E-state index in [-0.39, 0.29) is 0 Å². The molecule has 0 aromatic heterocycles. The number of nitrogens with one attached hydrogen (secondary N) is 1. The largest absolute Gasteiger partial charge is 0.309 e. The van der Waals surface area contributed by atoms with Crippen LogP contribution in [0.5, 0.6) is 0 Å². The van der Waals surface area contributed by atoms with Crippen molar-refractivity contribution in [1.29, 1.82) is 0 Å². The first kappa shape index (κ1) is 12.3. The van der Waals surface area contributed by atoms with E-state index < -0.39 is 0 Å². The zero-order valence-corrected chi connectivity index (χ0v) is 10.5. The average Bonchev–Trinajstić information content (AvgIpc) is 2.26. The van der Waals surface area contributed by atoms with Gasteiger partial charge in [-0.2, -0.15) is 0 Å². The van der Waals surface area contributed by atoms with Gasteiger partial charge in [0.1, 0.15) is 0 Å². The summed E-state index contributed by atoms with van der Waals surface area (Å²) in [5.41, 5.74) is 1.32.